The Balaban J connectivity index is 1.83. The monoisotopic (exact) mass is 259 g/mol. The van der Waals surface area contributed by atoms with Gasteiger partial charge in [0.05, 0.1) is 0 Å². The molecule has 2 heterocycles. The van der Waals surface area contributed by atoms with Crippen LogP contribution >= 0.6 is 0 Å². The van der Waals surface area contributed by atoms with E-state index >= 15 is 0 Å². The van der Waals surface area contributed by atoms with Gasteiger partial charge in [0.25, 0.3) is 0 Å². The second-order valence-corrected chi connectivity index (χ2v) is 5.88. The van der Waals surface area contributed by atoms with Crippen LogP contribution in [-0.2, 0) is 6.54 Å². The quantitative estimate of drug-likeness (QED) is 0.901. The first kappa shape index (κ1) is 12.9. The summed E-state index contributed by atoms with van der Waals surface area (Å²) < 4.78 is 0. The van der Waals surface area contributed by atoms with Gasteiger partial charge in [-0.05, 0) is 44.2 Å². The summed E-state index contributed by atoms with van der Waals surface area (Å²) in [7, 11) is 0. The minimum absolute atomic E-state index is 0.788. The van der Waals surface area contributed by atoms with E-state index in [-0.39, 0.29) is 0 Å². The molecule has 1 aliphatic carbocycles. The second-order valence-electron chi connectivity index (χ2n) is 5.88. The molecule has 1 aliphatic heterocycles. The predicted octanol–water partition coefficient (Wildman–Crippen LogP) is 2.96. The summed E-state index contributed by atoms with van der Waals surface area (Å²) >= 11 is 0. The molecule has 3 nitrogen and oxygen atoms in total. The van der Waals surface area contributed by atoms with Crippen molar-refractivity contribution < 1.29 is 0 Å². The SMILES string of the molecule is CCNCc1cnccc1N1CCCC2CCCC21. The maximum absolute atomic E-state index is 4.31. The number of nitrogens with one attached hydrogen (secondary N) is 1. The Hall–Kier alpha value is -1.09. The fourth-order valence-electron chi connectivity index (χ4n) is 3.85. The number of pyridine rings is 1. The second kappa shape index (κ2) is 5.91. The van der Waals surface area contributed by atoms with Crippen molar-refractivity contribution in [1.82, 2.24) is 10.3 Å². The van der Waals surface area contributed by atoms with Gasteiger partial charge in [-0.2, -0.15) is 0 Å². The van der Waals surface area contributed by atoms with Gasteiger partial charge in [-0.3, -0.25) is 4.98 Å². The van der Waals surface area contributed by atoms with Gasteiger partial charge in [-0.1, -0.05) is 13.3 Å². The molecule has 0 amide bonds. The molecule has 104 valence electrons. The maximum Gasteiger partial charge on any atom is 0.0445 e. The summed E-state index contributed by atoms with van der Waals surface area (Å²) in [6, 6.07) is 3.00. The molecular weight excluding hydrogens is 234 g/mol. The van der Waals surface area contributed by atoms with Crippen molar-refractivity contribution in [3.05, 3.63) is 24.0 Å². The Labute approximate surface area is 116 Å². The number of hydrogen-bond acceptors (Lipinski definition) is 3. The van der Waals surface area contributed by atoms with E-state index in [1.165, 1.54) is 49.9 Å². The van der Waals surface area contributed by atoms with E-state index in [2.05, 4.69) is 28.2 Å². The van der Waals surface area contributed by atoms with Crippen LogP contribution in [0.5, 0.6) is 0 Å². The van der Waals surface area contributed by atoms with Crippen molar-refractivity contribution >= 4 is 5.69 Å². The van der Waals surface area contributed by atoms with Gasteiger partial charge < -0.3 is 10.2 Å². The molecule has 0 spiro atoms. The van der Waals surface area contributed by atoms with Crippen molar-refractivity contribution in [3.63, 3.8) is 0 Å². The van der Waals surface area contributed by atoms with E-state index in [9.17, 15) is 0 Å². The number of aromatic nitrogens is 1. The number of nitrogens with zero attached hydrogens (tertiary/aromatic N) is 2. The molecule has 0 bridgehead atoms. The number of hydrogen-bond donors (Lipinski definition) is 1. The Bertz CT molecular complexity index is 418. The van der Waals surface area contributed by atoms with Crippen LogP contribution in [0.2, 0.25) is 0 Å². The molecular formula is C16H25N3. The zero-order valence-corrected chi connectivity index (χ0v) is 11.9. The van der Waals surface area contributed by atoms with Gasteiger partial charge in [0.1, 0.15) is 0 Å². The summed E-state index contributed by atoms with van der Waals surface area (Å²) in [6.07, 6.45) is 11.0. The van der Waals surface area contributed by atoms with Gasteiger partial charge in [0.2, 0.25) is 0 Å². The van der Waals surface area contributed by atoms with Gasteiger partial charge in [0.15, 0.2) is 0 Å². The minimum Gasteiger partial charge on any atom is -0.368 e. The molecule has 0 aromatic carbocycles. The normalized spacial score (nSPS) is 26.5. The summed E-state index contributed by atoms with van der Waals surface area (Å²) in [5.41, 5.74) is 2.78. The summed E-state index contributed by atoms with van der Waals surface area (Å²) in [6.45, 7) is 5.34. The molecule has 1 aromatic heterocycles. The van der Waals surface area contributed by atoms with Gasteiger partial charge in [-0.15, -0.1) is 0 Å². The van der Waals surface area contributed by atoms with Gasteiger partial charge in [-0.25, -0.2) is 0 Å². The van der Waals surface area contributed by atoms with Crippen LogP contribution in [0.15, 0.2) is 18.5 Å². The van der Waals surface area contributed by atoms with Crippen molar-refractivity contribution in [2.24, 2.45) is 5.92 Å². The molecule has 1 saturated carbocycles. The molecule has 19 heavy (non-hydrogen) atoms. The van der Waals surface area contributed by atoms with E-state index < -0.39 is 0 Å². The molecule has 1 N–H and O–H groups in total. The van der Waals surface area contributed by atoms with Crippen LogP contribution in [0.1, 0.15) is 44.6 Å². The molecule has 1 aromatic rings. The average molecular weight is 259 g/mol. The maximum atomic E-state index is 4.31. The average Bonchev–Trinajstić information content (AvgIpc) is 2.94. The zero-order chi connectivity index (χ0) is 13.1. The van der Waals surface area contributed by atoms with Crippen molar-refractivity contribution in [3.8, 4) is 0 Å². The molecule has 2 aliphatic rings. The van der Waals surface area contributed by atoms with Crippen LogP contribution in [0, 0.1) is 5.92 Å². The summed E-state index contributed by atoms with van der Waals surface area (Å²) in [4.78, 5) is 6.99. The third-order valence-corrected chi connectivity index (χ3v) is 4.75. The Morgan fingerprint density at radius 2 is 2.21 bits per heavy atom. The van der Waals surface area contributed by atoms with Crippen LogP contribution < -0.4 is 10.2 Å². The molecule has 0 radical (unpaired) electrons. The lowest BCUT2D eigenvalue weighted by Crippen LogP contribution is -2.43. The Morgan fingerprint density at radius 1 is 1.32 bits per heavy atom. The highest BCUT2D eigenvalue weighted by Gasteiger charge is 2.35. The van der Waals surface area contributed by atoms with E-state index in [4.69, 9.17) is 0 Å². The Kier molecular flexibility index (Phi) is 4.02. The van der Waals surface area contributed by atoms with Crippen molar-refractivity contribution in [2.75, 3.05) is 18.0 Å². The number of fused-ring (bicyclic) bond motifs is 1. The van der Waals surface area contributed by atoms with Crippen molar-refractivity contribution in [1.29, 1.82) is 0 Å². The summed E-state index contributed by atoms with van der Waals surface area (Å²) in [5, 5.41) is 3.44. The van der Waals surface area contributed by atoms with E-state index in [0.29, 0.717) is 0 Å². The fraction of sp³-hybridized carbons (Fsp3) is 0.688. The Morgan fingerprint density at radius 3 is 3.11 bits per heavy atom. The van der Waals surface area contributed by atoms with Gasteiger partial charge >= 0.3 is 0 Å². The van der Waals surface area contributed by atoms with E-state index in [1.807, 2.05) is 12.4 Å². The third kappa shape index (κ3) is 2.62. The lowest BCUT2D eigenvalue weighted by molar-refractivity contribution is 0.362. The standard InChI is InChI=1S/C16H25N3/c1-2-17-11-14-12-18-9-8-16(14)19-10-4-6-13-5-3-7-15(13)19/h8-9,12-13,15,17H,2-7,10-11H2,1H3. The van der Waals surface area contributed by atoms with Crippen LogP contribution in [-0.4, -0.2) is 24.1 Å². The van der Waals surface area contributed by atoms with Gasteiger partial charge in [0, 0.05) is 42.8 Å². The topological polar surface area (TPSA) is 28.2 Å². The highest BCUT2D eigenvalue weighted by molar-refractivity contribution is 5.53. The summed E-state index contributed by atoms with van der Waals surface area (Å²) in [5.74, 6) is 0.939. The fourth-order valence-corrected chi connectivity index (χ4v) is 3.85. The first-order valence-corrected chi connectivity index (χ1v) is 7.80. The van der Waals surface area contributed by atoms with Crippen LogP contribution in [0.4, 0.5) is 5.69 Å². The molecule has 1 saturated heterocycles. The highest BCUT2D eigenvalue weighted by Crippen LogP contribution is 2.39. The predicted molar refractivity (Wildman–Crippen MR) is 79.3 cm³/mol. The molecule has 2 unspecified atom stereocenters. The molecule has 3 rings (SSSR count). The lowest BCUT2D eigenvalue weighted by atomic mass is 9.91. The smallest absolute Gasteiger partial charge is 0.0445 e. The molecule has 2 atom stereocenters. The number of piperidine rings is 1. The highest BCUT2D eigenvalue weighted by atomic mass is 15.2. The number of anilines is 1. The zero-order valence-electron chi connectivity index (χ0n) is 11.9. The van der Waals surface area contributed by atoms with Crippen LogP contribution in [0.3, 0.4) is 0 Å². The largest absolute Gasteiger partial charge is 0.368 e. The molecule has 2 fully saturated rings. The van der Waals surface area contributed by atoms with Crippen molar-refractivity contribution in [2.45, 2.75) is 51.6 Å². The van der Waals surface area contributed by atoms with E-state index in [0.717, 1.165) is 25.0 Å². The molecule has 3 heteroatoms. The minimum atomic E-state index is 0.788. The first-order valence-electron chi connectivity index (χ1n) is 7.80. The third-order valence-electron chi connectivity index (χ3n) is 4.75. The number of rotatable bonds is 4. The lowest BCUT2D eigenvalue weighted by Gasteiger charge is -2.40. The van der Waals surface area contributed by atoms with E-state index in [1.54, 1.807) is 0 Å². The van der Waals surface area contributed by atoms with Crippen LogP contribution in [0.25, 0.3) is 0 Å². The first-order chi connectivity index (χ1) is 9.40.